The first-order valence-corrected chi connectivity index (χ1v) is 11.0. The van der Waals surface area contributed by atoms with Crippen LogP contribution in [-0.2, 0) is 9.59 Å². The third kappa shape index (κ3) is 4.02. The summed E-state index contributed by atoms with van der Waals surface area (Å²) < 4.78 is 38.0. The number of benzene rings is 2. The van der Waals surface area contributed by atoms with Gasteiger partial charge < -0.3 is 25.3 Å². The summed E-state index contributed by atoms with van der Waals surface area (Å²) in [6, 6.07) is 7.71. The third-order valence-corrected chi connectivity index (χ3v) is 6.70. The molecule has 2 aromatic rings. The summed E-state index contributed by atoms with van der Waals surface area (Å²) in [5, 5.41) is 18.3. The quantitative estimate of drug-likeness (QED) is 0.425. The monoisotopic (exact) mass is 491 g/mol. The van der Waals surface area contributed by atoms with Crippen molar-refractivity contribution in [2.45, 2.75) is 42.9 Å². The van der Waals surface area contributed by atoms with Crippen LogP contribution in [0.2, 0.25) is 5.02 Å². The van der Waals surface area contributed by atoms with Crippen molar-refractivity contribution in [2.75, 3.05) is 6.61 Å². The van der Waals surface area contributed by atoms with E-state index in [4.69, 9.17) is 21.1 Å². The van der Waals surface area contributed by atoms with Gasteiger partial charge in [0.15, 0.2) is 12.7 Å². The molecular formula is C23H20ClF2N3O5. The molecule has 2 aromatic carbocycles. The molecular weight excluding hydrogens is 472 g/mol. The summed E-state index contributed by atoms with van der Waals surface area (Å²) in [6.07, 6.45) is 0.754. The maximum atomic E-state index is 13.5. The van der Waals surface area contributed by atoms with Gasteiger partial charge in [0.05, 0.1) is 10.7 Å². The molecule has 0 aromatic heterocycles. The number of rotatable bonds is 6. The fourth-order valence-electron chi connectivity index (χ4n) is 4.99. The van der Waals surface area contributed by atoms with E-state index < -0.39 is 28.8 Å². The Morgan fingerprint density at radius 2 is 1.88 bits per heavy atom. The molecule has 1 heterocycles. The normalized spacial score (nSPS) is 27.5. The van der Waals surface area contributed by atoms with E-state index in [1.54, 1.807) is 0 Å². The summed E-state index contributed by atoms with van der Waals surface area (Å²) in [6.45, 7) is -0.276. The summed E-state index contributed by atoms with van der Waals surface area (Å²) in [5.41, 5.74) is -0.369. The van der Waals surface area contributed by atoms with Crippen LogP contribution in [0.3, 0.4) is 0 Å². The first-order valence-electron chi connectivity index (χ1n) is 10.6. The van der Waals surface area contributed by atoms with Gasteiger partial charge in [0.25, 0.3) is 11.8 Å². The number of carbonyl (C=O) groups excluding carboxylic acids is 2. The molecule has 3 fully saturated rings. The summed E-state index contributed by atoms with van der Waals surface area (Å²) >= 11 is 5.63. The molecule has 3 aliphatic carbocycles. The van der Waals surface area contributed by atoms with E-state index in [-0.39, 0.29) is 47.1 Å². The Labute approximate surface area is 197 Å². The number of hydrogen-bond donors (Lipinski definition) is 3. The van der Waals surface area contributed by atoms with Crippen LogP contribution in [0.5, 0.6) is 11.5 Å². The van der Waals surface area contributed by atoms with Crippen LogP contribution in [-0.4, -0.2) is 46.5 Å². The van der Waals surface area contributed by atoms with Crippen molar-refractivity contribution in [1.29, 1.82) is 0 Å². The van der Waals surface area contributed by atoms with Crippen LogP contribution >= 0.6 is 11.6 Å². The SMILES string of the molecule is O=C(COc1ccc(Cl)c(F)c1)NC12CC(NC(=O)C3C/C(=N/O)c4cc(F)ccc4O3)(C1)C2. The Kier molecular flexibility index (Phi) is 5.35. The lowest BCUT2D eigenvalue weighted by atomic mass is 9.44. The zero-order chi connectivity index (χ0) is 24.1. The zero-order valence-corrected chi connectivity index (χ0v) is 18.5. The number of fused-ring (bicyclic) bond motifs is 1. The van der Waals surface area contributed by atoms with E-state index in [0.29, 0.717) is 24.8 Å². The van der Waals surface area contributed by atoms with Crippen molar-refractivity contribution < 1.29 is 33.1 Å². The predicted molar refractivity (Wildman–Crippen MR) is 116 cm³/mol. The van der Waals surface area contributed by atoms with Gasteiger partial charge in [0.1, 0.15) is 23.1 Å². The van der Waals surface area contributed by atoms with E-state index in [0.717, 1.165) is 6.07 Å². The molecule has 178 valence electrons. The number of nitrogens with one attached hydrogen (secondary N) is 2. The van der Waals surface area contributed by atoms with Crippen molar-refractivity contribution >= 4 is 29.1 Å². The molecule has 0 radical (unpaired) electrons. The Bertz CT molecular complexity index is 1200. The molecule has 4 aliphatic rings. The Morgan fingerprint density at radius 1 is 1.15 bits per heavy atom. The predicted octanol–water partition coefficient (Wildman–Crippen LogP) is 2.93. The highest BCUT2D eigenvalue weighted by atomic mass is 35.5. The average Bonchev–Trinajstić information content (AvgIpc) is 2.76. The van der Waals surface area contributed by atoms with E-state index in [2.05, 4.69) is 15.8 Å². The standard InChI is InChI=1S/C23H20ClF2N3O5/c24-15-3-2-13(6-16(15)26)33-8-20(30)27-22-9-23(10-22,11-22)28-21(31)19-7-17(29-32)14-5-12(25)1-4-18(14)34-19/h1-6,19,32H,7-11H2,(H,27,30)(H,28,31)/b29-17-. The van der Waals surface area contributed by atoms with Crippen molar-refractivity contribution in [3.05, 3.63) is 58.6 Å². The second kappa shape index (κ2) is 8.12. The molecule has 2 amide bonds. The molecule has 1 atom stereocenters. The summed E-state index contributed by atoms with van der Waals surface area (Å²) in [4.78, 5) is 25.1. The molecule has 8 nitrogen and oxygen atoms in total. The molecule has 6 rings (SSSR count). The number of nitrogens with zero attached hydrogens (tertiary/aromatic N) is 1. The fourth-order valence-corrected chi connectivity index (χ4v) is 5.11. The fraction of sp³-hybridized carbons (Fsp3) is 0.348. The van der Waals surface area contributed by atoms with Crippen molar-refractivity contribution in [1.82, 2.24) is 10.6 Å². The van der Waals surface area contributed by atoms with Crippen LogP contribution in [0.25, 0.3) is 0 Å². The maximum Gasteiger partial charge on any atom is 0.261 e. The molecule has 1 aliphatic heterocycles. The number of ether oxygens (including phenoxy) is 2. The zero-order valence-electron chi connectivity index (χ0n) is 17.7. The van der Waals surface area contributed by atoms with Crippen LogP contribution in [0.4, 0.5) is 8.78 Å². The summed E-state index contributed by atoms with van der Waals surface area (Å²) in [5.74, 6) is -1.39. The van der Waals surface area contributed by atoms with Gasteiger partial charge in [-0.25, -0.2) is 8.78 Å². The first kappa shape index (κ1) is 22.4. The molecule has 3 N–H and O–H groups in total. The third-order valence-electron chi connectivity index (χ3n) is 6.40. The van der Waals surface area contributed by atoms with Gasteiger partial charge in [0, 0.05) is 29.1 Å². The number of oxime groups is 1. The molecule has 0 spiro atoms. The number of halogens is 3. The minimum Gasteiger partial charge on any atom is -0.484 e. The lowest BCUT2D eigenvalue weighted by Gasteiger charge is -2.70. The highest BCUT2D eigenvalue weighted by molar-refractivity contribution is 6.30. The van der Waals surface area contributed by atoms with Crippen LogP contribution in [0.15, 0.2) is 41.6 Å². The minimum absolute atomic E-state index is 0.000618. The van der Waals surface area contributed by atoms with Crippen molar-refractivity contribution in [3.63, 3.8) is 0 Å². The second-order valence-corrected chi connectivity index (χ2v) is 9.40. The largest absolute Gasteiger partial charge is 0.484 e. The smallest absolute Gasteiger partial charge is 0.261 e. The van der Waals surface area contributed by atoms with Gasteiger partial charge in [-0.05, 0) is 49.6 Å². The lowest BCUT2D eigenvalue weighted by Crippen LogP contribution is -2.84. The Morgan fingerprint density at radius 3 is 2.59 bits per heavy atom. The van der Waals surface area contributed by atoms with Gasteiger partial charge in [-0.15, -0.1) is 0 Å². The van der Waals surface area contributed by atoms with E-state index >= 15 is 0 Å². The number of amides is 2. The van der Waals surface area contributed by atoms with Crippen LogP contribution in [0.1, 0.15) is 31.2 Å². The average molecular weight is 492 g/mol. The van der Waals surface area contributed by atoms with Gasteiger partial charge in [-0.3, -0.25) is 9.59 Å². The Hall–Kier alpha value is -3.40. The molecule has 2 bridgehead atoms. The van der Waals surface area contributed by atoms with Gasteiger partial charge >= 0.3 is 0 Å². The van der Waals surface area contributed by atoms with Gasteiger partial charge in [-0.1, -0.05) is 16.8 Å². The second-order valence-electron chi connectivity index (χ2n) is 8.99. The van der Waals surface area contributed by atoms with Crippen molar-refractivity contribution in [3.8, 4) is 11.5 Å². The van der Waals surface area contributed by atoms with E-state index in [1.165, 1.54) is 30.3 Å². The molecule has 34 heavy (non-hydrogen) atoms. The number of hydrogen-bond acceptors (Lipinski definition) is 6. The molecule has 1 unspecified atom stereocenters. The van der Waals surface area contributed by atoms with E-state index in [9.17, 15) is 23.6 Å². The van der Waals surface area contributed by atoms with Crippen LogP contribution < -0.4 is 20.1 Å². The molecule has 11 heteroatoms. The lowest BCUT2D eigenvalue weighted by molar-refractivity contribution is -0.153. The van der Waals surface area contributed by atoms with Gasteiger partial charge in [0.2, 0.25) is 0 Å². The highest BCUT2D eigenvalue weighted by Crippen LogP contribution is 2.60. The van der Waals surface area contributed by atoms with Crippen molar-refractivity contribution in [2.24, 2.45) is 5.16 Å². The maximum absolute atomic E-state index is 13.5. The van der Waals surface area contributed by atoms with E-state index in [1.807, 2.05) is 0 Å². The highest BCUT2D eigenvalue weighted by Gasteiger charge is 2.69. The Balaban J connectivity index is 1.12. The topological polar surface area (TPSA) is 109 Å². The number of carbonyl (C=O) groups is 2. The van der Waals surface area contributed by atoms with Crippen LogP contribution in [0, 0.1) is 11.6 Å². The minimum atomic E-state index is -0.920. The summed E-state index contributed by atoms with van der Waals surface area (Å²) in [7, 11) is 0. The van der Waals surface area contributed by atoms with Gasteiger partial charge in [-0.2, -0.15) is 0 Å². The first-order chi connectivity index (χ1) is 16.2. The molecule has 3 saturated carbocycles. The molecule has 0 saturated heterocycles.